The minimum atomic E-state index is -0.487. The molecule has 0 aliphatic rings. The molecular formula is C16H21N3O3S3. The van der Waals surface area contributed by atoms with Crippen molar-refractivity contribution in [3.05, 3.63) is 16.0 Å². The molecule has 0 saturated carbocycles. The van der Waals surface area contributed by atoms with Gasteiger partial charge in [0.05, 0.1) is 17.9 Å². The van der Waals surface area contributed by atoms with Crippen LogP contribution in [-0.4, -0.2) is 46.5 Å². The van der Waals surface area contributed by atoms with E-state index in [0.717, 1.165) is 24.4 Å². The van der Waals surface area contributed by atoms with Crippen LogP contribution in [0.5, 0.6) is 0 Å². The number of thioether (sulfide) groups is 1. The summed E-state index contributed by atoms with van der Waals surface area (Å²) in [6, 6.07) is 2.04. The number of nitrogens with zero attached hydrogens (tertiary/aromatic N) is 2. The van der Waals surface area contributed by atoms with Crippen molar-refractivity contribution in [1.82, 2.24) is 4.90 Å². The Morgan fingerprint density at radius 3 is 2.52 bits per heavy atom. The lowest BCUT2D eigenvalue weighted by atomic mass is 10.2. The molecule has 25 heavy (non-hydrogen) atoms. The fourth-order valence-corrected chi connectivity index (χ4v) is 4.26. The lowest BCUT2D eigenvalue weighted by Crippen LogP contribution is -2.28. The van der Waals surface area contributed by atoms with E-state index in [-0.39, 0.29) is 23.8 Å². The number of amides is 1. The van der Waals surface area contributed by atoms with Crippen LogP contribution in [0, 0.1) is 18.3 Å². The number of rotatable bonds is 7. The minimum Gasteiger partial charge on any atom is -0.462 e. The Labute approximate surface area is 161 Å². The van der Waals surface area contributed by atoms with Crippen LogP contribution in [0.3, 0.4) is 0 Å². The van der Waals surface area contributed by atoms with E-state index in [2.05, 4.69) is 5.32 Å². The van der Waals surface area contributed by atoms with Gasteiger partial charge in [-0.25, -0.2) is 4.79 Å². The molecule has 0 saturated heterocycles. The van der Waals surface area contributed by atoms with Crippen LogP contribution in [0.1, 0.15) is 41.6 Å². The van der Waals surface area contributed by atoms with Gasteiger partial charge in [0.15, 0.2) is 0 Å². The second-order valence-electron chi connectivity index (χ2n) is 4.87. The van der Waals surface area contributed by atoms with Crippen LogP contribution in [0.4, 0.5) is 5.00 Å². The molecule has 1 aromatic heterocycles. The van der Waals surface area contributed by atoms with Crippen molar-refractivity contribution in [3.8, 4) is 6.07 Å². The van der Waals surface area contributed by atoms with Crippen molar-refractivity contribution in [2.45, 2.75) is 27.7 Å². The van der Waals surface area contributed by atoms with E-state index in [0.29, 0.717) is 19.8 Å². The molecule has 0 unspecified atom stereocenters. The summed E-state index contributed by atoms with van der Waals surface area (Å²) in [5.74, 6) is -0.613. The predicted molar refractivity (Wildman–Crippen MR) is 106 cm³/mol. The maximum atomic E-state index is 12.2. The van der Waals surface area contributed by atoms with Crippen molar-refractivity contribution in [2.24, 2.45) is 0 Å². The predicted octanol–water partition coefficient (Wildman–Crippen LogP) is 3.40. The number of carbonyl (C=O) groups excluding carboxylic acids is 2. The quantitative estimate of drug-likeness (QED) is 0.556. The molecule has 0 aliphatic heterocycles. The van der Waals surface area contributed by atoms with E-state index in [4.69, 9.17) is 17.0 Å². The Kier molecular flexibility index (Phi) is 8.89. The van der Waals surface area contributed by atoms with Crippen molar-refractivity contribution >= 4 is 56.5 Å². The van der Waals surface area contributed by atoms with E-state index in [1.54, 1.807) is 13.8 Å². The molecule has 0 aromatic carbocycles. The first-order valence-corrected chi connectivity index (χ1v) is 10.0. The normalized spacial score (nSPS) is 10.0. The molecule has 0 spiro atoms. The number of nitriles is 1. The zero-order valence-corrected chi connectivity index (χ0v) is 17.1. The van der Waals surface area contributed by atoms with Gasteiger partial charge in [0.1, 0.15) is 20.3 Å². The number of carbonyl (C=O) groups is 2. The monoisotopic (exact) mass is 399 g/mol. The van der Waals surface area contributed by atoms with E-state index in [1.165, 1.54) is 11.8 Å². The van der Waals surface area contributed by atoms with Gasteiger partial charge in [-0.3, -0.25) is 4.79 Å². The van der Waals surface area contributed by atoms with E-state index < -0.39 is 5.97 Å². The molecule has 1 heterocycles. The molecule has 0 bridgehead atoms. The van der Waals surface area contributed by atoms with Gasteiger partial charge in [-0.2, -0.15) is 5.26 Å². The summed E-state index contributed by atoms with van der Waals surface area (Å²) in [5, 5.41) is 12.4. The highest BCUT2D eigenvalue weighted by Crippen LogP contribution is 2.33. The number of hydrogen-bond donors (Lipinski definition) is 1. The van der Waals surface area contributed by atoms with Gasteiger partial charge in [0, 0.05) is 13.1 Å². The van der Waals surface area contributed by atoms with Crippen molar-refractivity contribution in [1.29, 1.82) is 5.26 Å². The SMILES string of the molecule is CCOC(=O)c1sc(NC(=O)CSC(=S)N(CC)CC)c(C#N)c1C. The standard InChI is InChI=1S/C16H21N3O3S3/c1-5-19(6-2)16(23)24-9-12(20)18-14-11(8-17)10(4)13(25-14)15(21)22-7-3/h5-7,9H2,1-4H3,(H,18,20). The van der Waals surface area contributed by atoms with Gasteiger partial charge < -0.3 is 15.0 Å². The zero-order valence-electron chi connectivity index (χ0n) is 14.7. The zero-order chi connectivity index (χ0) is 19.0. The topological polar surface area (TPSA) is 82.4 Å². The van der Waals surface area contributed by atoms with Crippen LogP contribution >= 0.6 is 35.3 Å². The van der Waals surface area contributed by atoms with Crippen LogP contribution in [0.25, 0.3) is 0 Å². The van der Waals surface area contributed by atoms with Crippen LogP contribution < -0.4 is 5.32 Å². The first-order chi connectivity index (χ1) is 11.9. The third-order valence-corrected chi connectivity index (χ3v) is 6.03. The fraction of sp³-hybridized carbons (Fsp3) is 0.500. The highest BCUT2D eigenvalue weighted by Gasteiger charge is 2.22. The Balaban J connectivity index is 2.81. The third-order valence-electron chi connectivity index (χ3n) is 3.32. The molecule has 0 fully saturated rings. The van der Waals surface area contributed by atoms with Crippen LogP contribution in [0.15, 0.2) is 0 Å². The summed E-state index contributed by atoms with van der Waals surface area (Å²) in [7, 11) is 0. The lowest BCUT2D eigenvalue weighted by molar-refractivity contribution is -0.113. The number of ether oxygens (including phenoxy) is 1. The van der Waals surface area contributed by atoms with Gasteiger partial charge >= 0.3 is 5.97 Å². The van der Waals surface area contributed by atoms with E-state index in [9.17, 15) is 14.9 Å². The molecule has 136 valence electrons. The number of esters is 1. The Hall–Kier alpha value is -1.63. The molecule has 6 nitrogen and oxygen atoms in total. The van der Waals surface area contributed by atoms with Gasteiger partial charge in [0.2, 0.25) is 5.91 Å². The Morgan fingerprint density at radius 2 is 2.00 bits per heavy atom. The highest BCUT2D eigenvalue weighted by atomic mass is 32.2. The molecule has 0 radical (unpaired) electrons. The largest absolute Gasteiger partial charge is 0.462 e. The number of thiophene rings is 1. The second kappa shape index (κ2) is 10.4. The maximum absolute atomic E-state index is 12.2. The Bertz CT molecular complexity index is 691. The summed E-state index contributed by atoms with van der Waals surface area (Å²) in [6.07, 6.45) is 0. The Morgan fingerprint density at radius 1 is 1.36 bits per heavy atom. The average Bonchev–Trinajstić information content (AvgIpc) is 2.89. The first-order valence-electron chi connectivity index (χ1n) is 7.81. The third kappa shape index (κ3) is 5.70. The van der Waals surface area contributed by atoms with Crippen molar-refractivity contribution in [3.63, 3.8) is 0 Å². The molecule has 0 aliphatic carbocycles. The summed E-state index contributed by atoms with van der Waals surface area (Å²) in [4.78, 5) is 26.4. The summed E-state index contributed by atoms with van der Waals surface area (Å²) in [6.45, 7) is 9.21. The van der Waals surface area contributed by atoms with Gasteiger partial charge in [-0.05, 0) is 33.3 Å². The summed E-state index contributed by atoms with van der Waals surface area (Å²) < 4.78 is 5.64. The summed E-state index contributed by atoms with van der Waals surface area (Å²) >= 11 is 7.62. The molecule has 1 N–H and O–H groups in total. The molecule has 1 rings (SSSR count). The first kappa shape index (κ1) is 21.4. The van der Waals surface area contributed by atoms with E-state index >= 15 is 0 Å². The average molecular weight is 400 g/mol. The highest BCUT2D eigenvalue weighted by molar-refractivity contribution is 8.23. The van der Waals surface area contributed by atoms with Crippen molar-refractivity contribution in [2.75, 3.05) is 30.8 Å². The van der Waals surface area contributed by atoms with Gasteiger partial charge in [-0.15, -0.1) is 11.3 Å². The number of anilines is 1. The number of hydrogen-bond acceptors (Lipinski definition) is 7. The van der Waals surface area contributed by atoms with Crippen LogP contribution in [-0.2, 0) is 9.53 Å². The number of nitrogens with one attached hydrogen (secondary N) is 1. The molecule has 9 heteroatoms. The second-order valence-corrected chi connectivity index (χ2v) is 7.50. The smallest absolute Gasteiger partial charge is 0.348 e. The van der Waals surface area contributed by atoms with Crippen LogP contribution in [0.2, 0.25) is 0 Å². The molecule has 1 aromatic rings. The maximum Gasteiger partial charge on any atom is 0.348 e. The number of thiocarbonyl (C=S) groups is 1. The summed E-state index contributed by atoms with van der Waals surface area (Å²) in [5.41, 5.74) is 0.810. The minimum absolute atomic E-state index is 0.145. The van der Waals surface area contributed by atoms with Crippen molar-refractivity contribution < 1.29 is 14.3 Å². The fourth-order valence-electron chi connectivity index (χ4n) is 1.99. The lowest BCUT2D eigenvalue weighted by Gasteiger charge is -2.20. The molecule has 0 atom stereocenters. The van der Waals surface area contributed by atoms with Gasteiger partial charge in [-0.1, -0.05) is 24.0 Å². The molecule has 1 amide bonds. The van der Waals surface area contributed by atoms with Gasteiger partial charge in [0.25, 0.3) is 0 Å². The molecular weight excluding hydrogens is 378 g/mol. The van der Waals surface area contributed by atoms with E-state index in [1.807, 2.05) is 24.8 Å².